The van der Waals surface area contributed by atoms with Gasteiger partial charge in [-0.2, -0.15) is 5.10 Å². The Balaban J connectivity index is 2.12. The highest BCUT2D eigenvalue weighted by atomic mass is 35.5. The molecule has 0 saturated carbocycles. The average molecular weight is 317 g/mol. The Labute approximate surface area is 134 Å². The second-order valence-electron chi connectivity index (χ2n) is 4.69. The van der Waals surface area contributed by atoms with Crippen LogP contribution in [-0.2, 0) is 6.54 Å². The van der Waals surface area contributed by atoms with Gasteiger partial charge >= 0.3 is 0 Å². The molecule has 0 bridgehead atoms. The number of hydrogen-bond acceptors (Lipinski definition) is 5. The molecular weight excluding hydrogens is 300 g/mol. The molecule has 0 fully saturated rings. The van der Waals surface area contributed by atoms with Crippen molar-refractivity contribution in [3.8, 4) is 0 Å². The van der Waals surface area contributed by atoms with Crippen LogP contribution in [0.2, 0.25) is 0 Å². The minimum atomic E-state index is 0.190. The maximum atomic E-state index is 7.05. The number of halogens is 1. The van der Waals surface area contributed by atoms with E-state index < -0.39 is 0 Å². The first-order valence-electron chi connectivity index (χ1n) is 6.74. The summed E-state index contributed by atoms with van der Waals surface area (Å²) in [6.07, 6.45) is 3.73. The van der Waals surface area contributed by atoms with Gasteiger partial charge in [0.05, 0.1) is 11.4 Å². The lowest BCUT2D eigenvalue weighted by Crippen LogP contribution is -2.16. The number of aliphatic imine (C=N–C) groups is 1. The molecule has 6 nitrogen and oxygen atoms in total. The Kier molecular flexibility index (Phi) is 5.43. The van der Waals surface area contributed by atoms with Crippen molar-refractivity contribution in [2.75, 3.05) is 0 Å². The molecule has 0 atom stereocenters. The molecule has 1 aliphatic carbocycles. The van der Waals surface area contributed by atoms with E-state index >= 15 is 0 Å². The molecule has 0 saturated heterocycles. The Morgan fingerprint density at radius 3 is 2.95 bits per heavy atom. The molecule has 114 valence electrons. The second kappa shape index (κ2) is 7.51. The highest BCUT2D eigenvalue weighted by Gasteiger charge is 2.13. The van der Waals surface area contributed by atoms with Crippen molar-refractivity contribution in [2.45, 2.75) is 19.4 Å². The number of hydrazone groups is 1. The van der Waals surface area contributed by atoms with Crippen LogP contribution in [0.4, 0.5) is 0 Å². The van der Waals surface area contributed by atoms with Gasteiger partial charge in [-0.1, -0.05) is 35.9 Å². The van der Waals surface area contributed by atoms with Crippen LogP contribution in [0.5, 0.6) is 0 Å². The Bertz CT molecular complexity index is 674. The summed E-state index contributed by atoms with van der Waals surface area (Å²) < 4.78 is 0. The first-order chi connectivity index (χ1) is 10.7. The predicted molar refractivity (Wildman–Crippen MR) is 88.9 cm³/mol. The summed E-state index contributed by atoms with van der Waals surface area (Å²) in [6.45, 7) is 4.15. The van der Waals surface area contributed by atoms with Crippen LogP contribution >= 0.6 is 11.6 Å². The first kappa shape index (κ1) is 15.9. The molecule has 1 aromatic rings. The van der Waals surface area contributed by atoms with E-state index in [1.165, 1.54) is 0 Å². The molecule has 2 rings (SSSR count). The van der Waals surface area contributed by atoms with Gasteiger partial charge in [0.15, 0.2) is 5.84 Å². The maximum absolute atomic E-state index is 7.05. The fraction of sp³-hybridized carbons (Fsp3) is 0.200. The molecule has 0 amide bonds. The van der Waals surface area contributed by atoms with Crippen molar-refractivity contribution in [1.29, 1.82) is 5.53 Å². The van der Waals surface area contributed by atoms with Crippen LogP contribution in [-0.4, -0.2) is 12.6 Å². The van der Waals surface area contributed by atoms with Gasteiger partial charge in [-0.3, -0.25) is 4.99 Å². The van der Waals surface area contributed by atoms with Gasteiger partial charge < -0.3 is 11.2 Å². The topological polar surface area (TPSA) is 99.0 Å². The third-order valence-electron chi connectivity index (χ3n) is 3.28. The fourth-order valence-corrected chi connectivity index (χ4v) is 2.49. The normalized spacial score (nSPS) is 15.3. The summed E-state index contributed by atoms with van der Waals surface area (Å²) in [5.74, 6) is 5.41. The van der Waals surface area contributed by atoms with E-state index in [2.05, 4.69) is 33.3 Å². The summed E-state index contributed by atoms with van der Waals surface area (Å²) in [5.41, 5.74) is 10.3. The predicted octanol–water partition coefficient (Wildman–Crippen LogP) is 3.26. The lowest BCUT2D eigenvalue weighted by atomic mass is 10.1. The van der Waals surface area contributed by atoms with Gasteiger partial charge in [-0.05, 0) is 31.2 Å². The van der Waals surface area contributed by atoms with Crippen molar-refractivity contribution < 1.29 is 0 Å². The molecule has 7 heteroatoms. The molecule has 0 radical (unpaired) electrons. The number of nitrogens with two attached hydrogens (primary N) is 1. The van der Waals surface area contributed by atoms with Gasteiger partial charge in [0, 0.05) is 17.1 Å². The summed E-state index contributed by atoms with van der Waals surface area (Å²) in [6, 6.07) is 7.52. The molecule has 1 aliphatic rings. The number of rotatable bonds is 5. The van der Waals surface area contributed by atoms with Crippen LogP contribution in [0.15, 0.2) is 62.0 Å². The molecule has 0 aromatic heterocycles. The molecule has 0 spiro atoms. The fourth-order valence-electron chi connectivity index (χ4n) is 2.22. The minimum Gasteiger partial charge on any atom is -0.379 e. The molecular formula is C15H17ClN6. The number of amidine groups is 1. The van der Waals surface area contributed by atoms with Gasteiger partial charge in [0.1, 0.15) is 0 Å². The highest BCUT2D eigenvalue weighted by molar-refractivity contribution is 6.30. The van der Waals surface area contributed by atoms with E-state index in [1.54, 1.807) is 6.07 Å². The van der Waals surface area contributed by atoms with Gasteiger partial charge in [-0.25, -0.2) is 5.53 Å². The standard InChI is InChI=1S/C15H17ClN6/c1-19-14-12(16)6-3-7-13(14)20-9-10-4-2-5-11(8-10)15(21-17)22-18/h2,4-5,7-8,17,20H,1,3,6,9,18H2/b21-17?,22-15-. The van der Waals surface area contributed by atoms with Crippen LogP contribution in [0.1, 0.15) is 24.0 Å². The van der Waals surface area contributed by atoms with Crippen molar-refractivity contribution in [3.63, 3.8) is 0 Å². The van der Waals surface area contributed by atoms with Gasteiger partial charge in [0.25, 0.3) is 0 Å². The third-order valence-corrected chi connectivity index (χ3v) is 3.65. The highest BCUT2D eigenvalue weighted by Crippen LogP contribution is 2.27. The van der Waals surface area contributed by atoms with Crippen LogP contribution in [0.25, 0.3) is 0 Å². The molecule has 0 heterocycles. The van der Waals surface area contributed by atoms with Crippen molar-refractivity contribution >= 4 is 24.2 Å². The van der Waals surface area contributed by atoms with E-state index in [4.69, 9.17) is 23.0 Å². The van der Waals surface area contributed by atoms with Crippen molar-refractivity contribution in [1.82, 2.24) is 5.32 Å². The third kappa shape index (κ3) is 3.59. The molecule has 0 unspecified atom stereocenters. The van der Waals surface area contributed by atoms with E-state index in [9.17, 15) is 0 Å². The number of allylic oxidation sites excluding steroid dienone is 2. The Morgan fingerprint density at radius 2 is 2.27 bits per heavy atom. The second-order valence-corrected chi connectivity index (χ2v) is 5.14. The van der Waals surface area contributed by atoms with Gasteiger partial charge in [-0.15, -0.1) is 5.11 Å². The minimum absolute atomic E-state index is 0.190. The average Bonchev–Trinajstić information content (AvgIpc) is 2.54. The van der Waals surface area contributed by atoms with Gasteiger partial charge in [0.2, 0.25) is 0 Å². The van der Waals surface area contributed by atoms with Crippen LogP contribution in [0.3, 0.4) is 0 Å². The lowest BCUT2D eigenvalue weighted by molar-refractivity contribution is 0.787. The molecule has 1 aromatic carbocycles. The maximum Gasteiger partial charge on any atom is 0.199 e. The summed E-state index contributed by atoms with van der Waals surface area (Å²) in [7, 11) is 0. The zero-order valence-corrected chi connectivity index (χ0v) is 12.8. The lowest BCUT2D eigenvalue weighted by Gasteiger charge is -2.17. The number of nitrogens with one attached hydrogen (secondary N) is 2. The van der Waals surface area contributed by atoms with Crippen LogP contribution < -0.4 is 11.2 Å². The summed E-state index contributed by atoms with van der Waals surface area (Å²) >= 11 is 6.17. The quantitative estimate of drug-likeness (QED) is 0.255. The number of hydrogen-bond donors (Lipinski definition) is 3. The van der Waals surface area contributed by atoms with Crippen molar-refractivity contribution in [2.24, 2.45) is 21.1 Å². The van der Waals surface area contributed by atoms with E-state index in [0.29, 0.717) is 17.8 Å². The monoisotopic (exact) mass is 316 g/mol. The number of benzene rings is 1. The van der Waals surface area contributed by atoms with Crippen LogP contribution in [0, 0.1) is 5.53 Å². The Hall–Kier alpha value is -2.47. The van der Waals surface area contributed by atoms with E-state index in [-0.39, 0.29) is 5.84 Å². The molecule has 0 aliphatic heterocycles. The summed E-state index contributed by atoms with van der Waals surface area (Å²) in [5, 5.41) is 10.8. The van der Waals surface area contributed by atoms with E-state index in [1.807, 2.05) is 18.2 Å². The molecule has 22 heavy (non-hydrogen) atoms. The molecule has 4 N–H and O–H groups in total. The zero-order chi connectivity index (χ0) is 15.9. The summed E-state index contributed by atoms with van der Waals surface area (Å²) in [4.78, 5) is 3.99. The zero-order valence-electron chi connectivity index (χ0n) is 12.0. The SMILES string of the molecule is C=NC1=C(Cl)CCC=C1NCc1cccc(/C(N=N)=N/N)c1. The van der Waals surface area contributed by atoms with E-state index in [0.717, 1.165) is 29.1 Å². The van der Waals surface area contributed by atoms with Crippen molar-refractivity contribution in [3.05, 3.63) is 57.9 Å². The Morgan fingerprint density at radius 1 is 1.45 bits per heavy atom. The first-order valence-corrected chi connectivity index (χ1v) is 7.11. The largest absolute Gasteiger partial charge is 0.379 e. The number of nitrogens with zero attached hydrogens (tertiary/aromatic N) is 3. The smallest absolute Gasteiger partial charge is 0.199 e.